The number of benzene rings is 1. The van der Waals surface area contributed by atoms with Gasteiger partial charge < -0.3 is 10.1 Å². The summed E-state index contributed by atoms with van der Waals surface area (Å²) in [5.74, 6) is 0.565. The first-order chi connectivity index (χ1) is 9.62. The van der Waals surface area contributed by atoms with Gasteiger partial charge in [-0.05, 0) is 36.8 Å². The molecule has 0 spiro atoms. The van der Waals surface area contributed by atoms with Crippen LogP contribution < -0.4 is 10.1 Å². The highest BCUT2D eigenvalue weighted by Crippen LogP contribution is 2.21. The van der Waals surface area contributed by atoms with Gasteiger partial charge in [0.15, 0.2) is 0 Å². The first-order valence-electron chi connectivity index (χ1n) is 6.27. The third-order valence-corrected chi connectivity index (χ3v) is 3.27. The van der Waals surface area contributed by atoms with Crippen molar-refractivity contribution in [3.8, 4) is 5.75 Å². The molecule has 2 aromatic rings. The van der Waals surface area contributed by atoms with Gasteiger partial charge in [-0.2, -0.15) is 5.10 Å². The Kier molecular flexibility index (Phi) is 4.79. The average Bonchev–Trinajstić information content (AvgIpc) is 2.93. The van der Waals surface area contributed by atoms with E-state index in [0.29, 0.717) is 12.2 Å². The second-order valence-electron chi connectivity index (χ2n) is 4.24. The number of rotatable bonds is 5. The Bertz CT molecular complexity index is 610. The van der Waals surface area contributed by atoms with E-state index >= 15 is 0 Å². The Hall–Kier alpha value is -1.82. The number of carbonyl (C=O) groups excluding carboxylic acids is 1. The van der Waals surface area contributed by atoms with Crippen LogP contribution in [0.25, 0.3) is 0 Å². The van der Waals surface area contributed by atoms with Crippen molar-refractivity contribution in [2.75, 3.05) is 7.11 Å². The van der Waals surface area contributed by atoms with E-state index < -0.39 is 0 Å². The van der Waals surface area contributed by atoms with Gasteiger partial charge in [0.05, 0.1) is 7.11 Å². The summed E-state index contributed by atoms with van der Waals surface area (Å²) in [5.41, 5.74) is 1.38. The van der Waals surface area contributed by atoms with Gasteiger partial charge in [0.2, 0.25) is 0 Å². The topological polar surface area (TPSA) is 56.2 Å². The molecule has 1 heterocycles. The maximum absolute atomic E-state index is 12.0. The number of halogens is 1. The second kappa shape index (κ2) is 6.56. The number of methoxy groups -OCH3 is 1. The van der Waals surface area contributed by atoms with Gasteiger partial charge in [-0.25, -0.2) is 0 Å². The van der Waals surface area contributed by atoms with E-state index in [-0.39, 0.29) is 5.91 Å². The Labute approximate surface area is 126 Å². The van der Waals surface area contributed by atoms with Crippen molar-refractivity contribution in [3.63, 3.8) is 0 Å². The number of hydrogen-bond donors (Lipinski definition) is 1. The molecule has 20 heavy (non-hydrogen) atoms. The number of aryl methyl sites for hydroxylation is 1. The fourth-order valence-electron chi connectivity index (χ4n) is 1.77. The highest BCUT2D eigenvalue weighted by molar-refractivity contribution is 9.10. The molecule has 0 fully saturated rings. The van der Waals surface area contributed by atoms with E-state index in [2.05, 4.69) is 26.3 Å². The molecule has 2 rings (SSSR count). The third kappa shape index (κ3) is 3.60. The molecule has 0 saturated carbocycles. The zero-order chi connectivity index (χ0) is 14.5. The summed E-state index contributed by atoms with van der Waals surface area (Å²) < 4.78 is 7.82. The van der Waals surface area contributed by atoms with Gasteiger partial charge in [0.1, 0.15) is 11.4 Å². The molecule has 5 nitrogen and oxygen atoms in total. The first-order valence-corrected chi connectivity index (χ1v) is 7.06. The van der Waals surface area contributed by atoms with Crippen LogP contribution in [0, 0.1) is 0 Å². The highest BCUT2D eigenvalue weighted by atomic mass is 79.9. The second-order valence-corrected chi connectivity index (χ2v) is 5.15. The van der Waals surface area contributed by atoms with Crippen LogP contribution in [0.1, 0.15) is 23.0 Å². The van der Waals surface area contributed by atoms with E-state index in [4.69, 9.17) is 4.74 Å². The molecule has 0 bridgehead atoms. The van der Waals surface area contributed by atoms with Crippen molar-refractivity contribution >= 4 is 21.8 Å². The van der Waals surface area contributed by atoms with E-state index in [1.807, 2.05) is 25.1 Å². The molecule has 0 aliphatic heterocycles. The number of nitrogens with zero attached hydrogens (tertiary/aromatic N) is 2. The molecule has 0 unspecified atom stereocenters. The summed E-state index contributed by atoms with van der Waals surface area (Å²) >= 11 is 3.41. The van der Waals surface area contributed by atoms with Crippen LogP contribution in [0.5, 0.6) is 5.75 Å². The molecule has 0 atom stereocenters. The summed E-state index contributed by atoms with van der Waals surface area (Å²) in [6.07, 6.45) is 1.79. The fourth-order valence-corrected chi connectivity index (χ4v) is 2.29. The monoisotopic (exact) mass is 337 g/mol. The number of carbonyl (C=O) groups is 1. The number of ether oxygens (including phenoxy) is 1. The maximum atomic E-state index is 12.0. The Morgan fingerprint density at radius 2 is 2.25 bits per heavy atom. The van der Waals surface area contributed by atoms with Gasteiger partial charge >= 0.3 is 0 Å². The summed E-state index contributed by atoms with van der Waals surface area (Å²) in [6.45, 7) is 3.15. The summed E-state index contributed by atoms with van der Waals surface area (Å²) in [7, 11) is 1.61. The highest BCUT2D eigenvalue weighted by Gasteiger charge is 2.09. The standard InChI is InChI=1S/C14H16BrN3O2/c1-3-18-5-4-13(17-18)14(19)16-9-10-6-11(15)8-12(7-10)20-2/h4-8H,3,9H2,1-2H3,(H,16,19). The number of hydrogen-bond acceptors (Lipinski definition) is 3. The number of aromatic nitrogens is 2. The van der Waals surface area contributed by atoms with Gasteiger partial charge in [0.25, 0.3) is 5.91 Å². The number of amides is 1. The lowest BCUT2D eigenvalue weighted by Crippen LogP contribution is -2.23. The first kappa shape index (κ1) is 14.6. The molecule has 106 valence electrons. The van der Waals surface area contributed by atoms with Gasteiger partial charge in [-0.3, -0.25) is 9.48 Å². The van der Waals surface area contributed by atoms with Gasteiger partial charge in [0, 0.05) is 23.8 Å². The maximum Gasteiger partial charge on any atom is 0.272 e. The molecule has 0 radical (unpaired) electrons. The molecule has 0 aliphatic carbocycles. The molecular weight excluding hydrogens is 322 g/mol. The molecule has 6 heteroatoms. The van der Waals surface area contributed by atoms with Crippen LogP contribution >= 0.6 is 15.9 Å². The van der Waals surface area contributed by atoms with Crippen LogP contribution in [0.2, 0.25) is 0 Å². The van der Waals surface area contributed by atoms with E-state index in [0.717, 1.165) is 22.3 Å². The molecule has 1 amide bonds. The van der Waals surface area contributed by atoms with Gasteiger partial charge in [-0.15, -0.1) is 0 Å². The summed E-state index contributed by atoms with van der Waals surface area (Å²) in [6, 6.07) is 7.40. The zero-order valence-electron chi connectivity index (χ0n) is 11.4. The van der Waals surface area contributed by atoms with E-state index in [1.165, 1.54) is 0 Å². The van der Waals surface area contributed by atoms with Crippen molar-refractivity contribution in [2.24, 2.45) is 0 Å². The molecule has 0 aliphatic rings. The van der Waals surface area contributed by atoms with Crippen LogP contribution in [-0.4, -0.2) is 22.8 Å². The van der Waals surface area contributed by atoms with E-state index in [9.17, 15) is 4.79 Å². The molecular formula is C14H16BrN3O2. The number of nitrogens with one attached hydrogen (secondary N) is 1. The van der Waals surface area contributed by atoms with Crippen LogP contribution in [0.3, 0.4) is 0 Å². The van der Waals surface area contributed by atoms with Crippen molar-refractivity contribution < 1.29 is 9.53 Å². The lowest BCUT2D eigenvalue weighted by atomic mass is 10.2. The largest absolute Gasteiger partial charge is 0.497 e. The van der Waals surface area contributed by atoms with Crippen molar-refractivity contribution in [1.29, 1.82) is 0 Å². The summed E-state index contributed by atoms with van der Waals surface area (Å²) in [4.78, 5) is 12.0. The third-order valence-electron chi connectivity index (χ3n) is 2.82. The quantitative estimate of drug-likeness (QED) is 0.912. The Morgan fingerprint density at radius 1 is 1.45 bits per heavy atom. The SMILES string of the molecule is CCn1ccc(C(=O)NCc2cc(Br)cc(OC)c2)n1. The minimum atomic E-state index is -0.184. The Balaban J connectivity index is 2.01. The van der Waals surface area contributed by atoms with Crippen molar-refractivity contribution in [1.82, 2.24) is 15.1 Å². The summed E-state index contributed by atoms with van der Waals surface area (Å²) in [5, 5.41) is 7.00. The molecule has 1 aromatic carbocycles. The van der Waals surface area contributed by atoms with Crippen LogP contribution in [0.15, 0.2) is 34.9 Å². The van der Waals surface area contributed by atoms with Crippen molar-refractivity contribution in [2.45, 2.75) is 20.0 Å². The van der Waals surface area contributed by atoms with Crippen LogP contribution in [-0.2, 0) is 13.1 Å². The van der Waals surface area contributed by atoms with E-state index in [1.54, 1.807) is 24.1 Å². The molecule has 1 N–H and O–H groups in total. The smallest absolute Gasteiger partial charge is 0.272 e. The zero-order valence-corrected chi connectivity index (χ0v) is 13.0. The lowest BCUT2D eigenvalue weighted by molar-refractivity contribution is 0.0945. The minimum absolute atomic E-state index is 0.184. The predicted octanol–water partition coefficient (Wildman–Crippen LogP) is 2.60. The Morgan fingerprint density at radius 3 is 2.90 bits per heavy atom. The van der Waals surface area contributed by atoms with Crippen LogP contribution in [0.4, 0.5) is 0 Å². The lowest BCUT2D eigenvalue weighted by Gasteiger charge is -2.07. The fraction of sp³-hybridized carbons (Fsp3) is 0.286. The minimum Gasteiger partial charge on any atom is -0.497 e. The predicted molar refractivity (Wildman–Crippen MR) is 79.8 cm³/mol. The average molecular weight is 338 g/mol. The molecule has 0 saturated heterocycles. The normalized spacial score (nSPS) is 10.3. The van der Waals surface area contributed by atoms with Gasteiger partial charge in [-0.1, -0.05) is 15.9 Å². The van der Waals surface area contributed by atoms with Crippen molar-refractivity contribution in [3.05, 3.63) is 46.2 Å². The molecule has 1 aromatic heterocycles.